The van der Waals surface area contributed by atoms with E-state index in [4.69, 9.17) is 14.6 Å². The number of methoxy groups -OCH3 is 1. The normalized spacial score (nSPS) is 16.6. The number of rotatable bonds is 6. The summed E-state index contributed by atoms with van der Waals surface area (Å²) < 4.78 is 10.7. The van der Waals surface area contributed by atoms with Gasteiger partial charge in [0.15, 0.2) is 0 Å². The van der Waals surface area contributed by atoms with E-state index in [0.717, 1.165) is 5.69 Å². The number of ether oxygens (including phenoxy) is 2. The lowest BCUT2D eigenvalue weighted by Crippen LogP contribution is -2.46. The van der Waals surface area contributed by atoms with Crippen molar-refractivity contribution in [3.63, 3.8) is 0 Å². The summed E-state index contributed by atoms with van der Waals surface area (Å²) in [5, 5.41) is 12.2. The number of nitrogens with zero attached hydrogens (tertiary/aromatic N) is 1. The van der Waals surface area contributed by atoms with Gasteiger partial charge in [0.25, 0.3) is 5.91 Å². The number of para-hydroxylation sites is 1. The number of benzene rings is 2. The van der Waals surface area contributed by atoms with Crippen LogP contribution in [-0.2, 0) is 9.53 Å². The Morgan fingerprint density at radius 1 is 1.26 bits per heavy atom. The molecule has 1 amide bonds. The van der Waals surface area contributed by atoms with Gasteiger partial charge in [-0.15, -0.1) is 0 Å². The predicted octanol–water partition coefficient (Wildman–Crippen LogP) is 2.75. The maximum absolute atomic E-state index is 13.0. The van der Waals surface area contributed by atoms with Crippen LogP contribution in [0.3, 0.4) is 0 Å². The molecule has 7 nitrogen and oxygen atoms in total. The number of carbonyl (C=O) groups is 2. The Bertz CT molecular complexity index is 824. The van der Waals surface area contributed by atoms with Crippen molar-refractivity contribution in [1.29, 1.82) is 0 Å². The summed E-state index contributed by atoms with van der Waals surface area (Å²) in [5.74, 6) is -0.373. The molecule has 3 rings (SSSR count). The molecule has 2 aromatic rings. The highest BCUT2D eigenvalue weighted by Crippen LogP contribution is 2.25. The molecule has 0 aliphatic carbocycles. The van der Waals surface area contributed by atoms with E-state index in [-0.39, 0.29) is 18.9 Å². The molecule has 2 aromatic carbocycles. The van der Waals surface area contributed by atoms with Gasteiger partial charge in [-0.3, -0.25) is 9.59 Å². The largest absolute Gasteiger partial charge is 0.497 e. The highest BCUT2D eigenvalue weighted by Gasteiger charge is 2.27. The summed E-state index contributed by atoms with van der Waals surface area (Å²) in [6.45, 7) is 1.02. The molecule has 1 heterocycles. The van der Waals surface area contributed by atoms with Crippen molar-refractivity contribution in [2.75, 3.05) is 32.1 Å². The molecule has 0 bridgehead atoms. The van der Waals surface area contributed by atoms with Crippen molar-refractivity contribution in [2.45, 2.75) is 12.5 Å². The highest BCUT2D eigenvalue weighted by molar-refractivity contribution is 6.00. The molecular weight excluding hydrogens is 348 g/mol. The topological polar surface area (TPSA) is 88.1 Å². The van der Waals surface area contributed by atoms with Crippen LogP contribution >= 0.6 is 0 Å². The second-order valence-corrected chi connectivity index (χ2v) is 6.24. The van der Waals surface area contributed by atoms with Crippen molar-refractivity contribution in [2.24, 2.45) is 0 Å². The SMILES string of the molecule is COc1cccc(Nc2ccccc2C(=O)N2CCO[C@H](CC(=O)O)C2)c1. The van der Waals surface area contributed by atoms with Crippen molar-refractivity contribution in [3.8, 4) is 5.75 Å². The van der Waals surface area contributed by atoms with Gasteiger partial charge >= 0.3 is 5.97 Å². The van der Waals surface area contributed by atoms with Crippen LogP contribution in [0.2, 0.25) is 0 Å². The Morgan fingerprint density at radius 2 is 2.07 bits per heavy atom. The fourth-order valence-corrected chi connectivity index (χ4v) is 3.03. The second kappa shape index (κ2) is 8.55. The number of aliphatic carboxylic acids is 1. The van der Waals surface area contributed by atoms with Crippen LogP contribution in [0.1, 0.15) is 16.8 Å². The van der Waals surface area contributed by atoms with Crippen LogP contribution < -0.4 is 10.1 Å². The van der Waals surface area contributed by atoms with E-state index >= 15 is 0 Å². The third-order valence-corrected chi connectivity index (χ3v) is 4.33. The van der Waals surface area contributed by atoms with Gasteiger partial charge in [0.1, 0.15) is 5.75 Å². The van der Waals surface area contributed by atoms with Gasteiger partial charge in [0.2, 0.25) is 0 Å². The van der Waals surface area contributed by atoms with Crippen molar-refractivity contribution in [1.82, 2.24) is 4.90 Å². The van der Waals surface area contributed by atoms with E-state index in [2.05, 4.69) is 5.32 Å². The minimum absolute atomic E-state index is 0.118. The van der Waals surface area contributed by atoms with Gasteiger partial charge < -0.3 is 24.8 Å². The molecule has 0 saturated carbocycles. The maximum atomic E-state index is 13.0. The Morgan fingerprint density at radius 3 is 2.85 bits per heavy atom. The first-order chi connectivity index (χ1) is 13.1. The molecule has 1 saturated heterocycles. The molecule has 0 spiro atoms. The first-order valence-electron chi connectivity index (χ1n) is 8.69. The second-order valence-electron chi connectivity index (χ2n) is 6.24. The monoisotopic (exact) mass is 370 g/mol. The Labute approximate surface area is 157 Å². The zero-order chi connectivity index (χ0) is 19.2. The lowest BCUT2D eigenvalue weighted by Gasteiger charge is -2.32. The smallest absolute Gasteiger partial charge is 0.306 e. The minimum atomic E-state index is -0.936. The summed E-state index contributed by atoms with van der Waals surface area (Å²) in [6.07, 6.45) is -0.605. The number of carbonyl (C=O) groups excluding carboxylic acids is 1. The van der Waals surface area contributed by atoms with E-state index in [1.807, 2.05) is 36.4 Å². The first-order valence-corrected chi connectivity index (χ1v) is 8.69. The zero-order valence-corrected chi connectivity index (χ0v) is 15.1. The number of anilines is 2. The van der Waals surface area contributed by atoms with Crippen LogP contribution in [0.15, 0.2) is 48.5 Å². The number of hydrogen-bond donors (Lipinski definition) is 2. The molecule has 0 aromatic heterocycles. The van der Waals surface area contributed by atoms with E-state index < -0.39 is 12.1 Å². The predicted molar refractivity (Wildman–Crippen MR) is 101 cm³/mol. The third kappa shape index (κ3) is 4.77. The number of morpholine rings is 1. The number of amides is 1. The molecule has 27 heavy (non-hydrogen) atoms. The van der Waals surface area contributed by atoms with Gasteiger partial charge in [-0.05, 0) is 24.3 Å². The molecule has 142 valence electrons. The summed E-state index contributed by atoms with van der Waals surface area (Å²) in [7, 11) is 1.60. The molecule has 0 radical (unpaired) electrons. The zero-order valence-electron chi connectivity index (χ0n) is 15.1. The molecule has 7 heteroatoms. The summed E-state index contributed by atoms with van der Waals surface area (Å²) in [6, 6.07) is 14.7. The maximum Gasteiger partial charge on any atom is 0.306 e. The minimum Gasteiger partial charge on any atom is -0.497 e. The molecular formula is C20H22N2O5. The Balaban J connectivity index is 1.78. The van der Waals surface area contributed by atoms with Crippen LogP contribution in [0.5, 0.6) is 5.75 Å². The standard InChI is InChI=1S/C20H22N2O5/c1-26-15-6-4-5-14(11-15)21-18-8-3-2-7-17(18)20(25)22-9-10-27-16(13-22)12-19(23)24/h2-8,11,16,21H,9-10,12-13H2,1H3,(H,23,24)/t16-/m1/s1. The highest BCUT2D eigenvalue weighted by atomic mass is 16.5. The van der Waals surface area contributed by atoms with E-state index in [1.54, 1.807) is 24.1 Å². The van der Waals surface area contributed by atoms with Gasteiger partial charge in [-0.2, -0.15) is 0 Å². The Hall–Kier alpha value is -3.06. The Kier molecular flexibility index (Phi) is 5.93. The number of carboxylic acids is 1. The van der Waals surface area contributed by atoms with Crippen molar-refractivity contribution in [3.05, 3.63) is 54.1 Å². The summed E-state index contributed by atoms with van der Waals surface area (Å²) in [4.78, 5) is 25.6. The quantitative estimate of drug-likeness (QED) is 0.813. The molecule has 0 unspecified atom stereocenters. The van der Waals surface area contributed by atoms with Crippen LogP contribution in [0, 0.1) is 0 Å². The number of carboxylic acid groups (broad SMARTS) is 1. The lowest BCUT2D eigenvalue weighted by molar-refractivity contribution is -0.141. The van der Waals surface area contributed by atoms with E-state index in [1.165, 1.54) is 0 Å². The van der Waals surface area contributed by atoms with Gasteiger partial charge in [0.05, 0.1) is 37.5 Å². The summed E-state index contributed by atoms with van der Waals surface area (Å²) >= 11 is 0. The average molecular weight is 370 g/mol. The van der Waals surface area contributed by atoms with Crippen LogP contribution in [-0.4, -0.2) is 54.8 Å². The first kappa shape index (κ1) is 18.7. The lowest BCUT2D eigenvalue weighted by atomic mass is 10.1. The van der Waals surface area contributed by atoms with Gasteiger partial charge in [-0.1, -0.05) is 18.2 Å². The molecule has 1 fully saturated rings. The van der Waals surface area contributed by atoms with Gasteiger partial charge in [0, 0.05) is 24.8 Å². The van der Waals surface area contributed by atoms with Crippen LogP contribution in [0.25, 0.3) is 0 Å². The third-order valence-electron chi connectivity index (χ3n) is 4.33. The van der Waals surface area contributed by atoms with Crippen molar-refractivity contribution < 1.29 is 24.2 Å². The molecule has 1 aliphatic rings. The van der Waals surface area contributed by atoms with Gasteiger partial charge in [-0.25, -0.2) is 0 Å². The number of nitrogens with one attached hydrogen (secondary N) is 1. The fourth-order valence-electron chi connectivity index (χ4n) is 3.03. The molecule has 2 N–H and O–H groups in total. The summed E-state index contributed by atoms with van der Waals surface area (Å²) in [5.41, 5.74) is 2.01. The van der Waals surface area contributed by atoms with Crippen molar-refractivity contribution >= 4 is 23.3 Å². The van der Waals surface area contributed by atoms with Crippen LogP contribution in [0.4, 0.5) is 11.4 Å². The van der Waals surface area contributed by atoms with E-state index in [0.29, 0.717) is 30.2 Å². The molecule has 1 aliphatic heterocycles. The fraction of sp³-hybridized carbons (Fsp3) is 0.300. The molecule has 1 atom stereocenters. The average Bonchev–Trinajstić information content (AvgIpc) is 2.68. The van der Waals surface area contributed by atoms with E-state index in [9.17, 15) is 9.59 Å². The number of hydrogen-bond acceptors (Lipinski definition) is 5.